The molecule has 0 saturated carbocycles. The average molecular weight is 637 g/mol. The number of para-hydroxylation sites is 1. The molecule has 4 N–H and O–H groups in total. The zero-order chi connectivity index (χ0) is 32.0. The Morgan fingerprint density at radius 3 is 2.28 bits per heavy atom. The van der Waals surface area contributed by atoms with Gasteiger partial charge >= 0.3 is 6.09 Å². The lowest BCUT2D eigenvalue weighted by molar-refractivity contribution is -0.119. The first-order valence-electron chi connectivity index (χ1n) is 15.4. The molecule has 0 unspecified atom stereocenters. The van der Waals surface area contributed by atoms with Gasteiger partial charge < -0.3 is 25.5 Å². The zero-order valence-electron chi connectivity index (χ0n) is 25.6. The molecule has 2 heterocycles. The molecule has 46 heavy (non-hydrogen) atoms. The fourth-order valence-electron chi connectivity index (χ4n) is 6.20. The molecule has 236 valence electrons. The highest BCUT2D eigenvalue weighted by Crippen LogP contribution is 2.32. The van der Waals surface area contributed by atoms with Gasteiger partial charge in [0.05, 0.1) is 37.6 Å². The molecular weight excluding hydrogens is 600 g/mol. The van der Waals surface area contributed by atoms with Crippen LogP contribution in [0.15, 0.2) is 109 Å². The molecule has 1 aliphatic rings. The third kappa shape index (κ3) is 6.85. The molecule has 1 aliphatic heterocycles. The maximum absolute atomic E-state index is 14.2. The van der Waals surface area contributed by atoms with Crippen molar-refractivity contribution in [2.75, 3.05) is 25.2 Å². The normalized spacial score (nSPS) is 17.1. The summed E-state index contributed by atoms with van der Waals surface area (Å²) in [6, 6.07) is 33.5. The van der Waals surface area contributed by atoms with Crippen molar-refractivity contribution < 1.29 is 19.1 Å². The van der Waals surface area contributed by atoms with Crippen molar-refractivity contribution in [3.63, 3.8) is 0 Å². The predicted molar refractivity (Wildman–Crippen MR) is 181 cm³/mol. The molecule has 1 aromatic heterocycles. The highest BCUT2D eigenvalue weighted by Gasteiger charge is 2.36. The van der Waals surface area contributed by atoms with Crippen molar-refractivity contribution in [3.05, 3.63) is 137 Å². The van der Waals surface area contributed by atoms with Gasteiger partial charge in [0, 0.05) is 34.1 Å². The van der Waals surface area contributed by atoms with Crippen molar-refractivity contribution in [1.82, 2.24) is 10.3 Å². The van der Waals surface area contributed by atoms with Gasteiger partial charge in [0.1, 0.15) is 0 Å². The van der Waals surface area contributed by atoms with Gasteiger partial charge in [-0.1, -0.05) is 90.5 Å². The van der Waals surface area contributed by atoms with Crippen LogP contribution in [0.1, 0.15) is 40.8 Å². The summed E-state index contributed by atoms with van der Waals surface area (Å²) in [5, 5.41) is 5.36. The van der Waals surface area contributed by atoms with Crippen LogP contribution in [0.4, 0.5) is 10.5 Å². The Bertz CT molecular complexity index is 1750. The Morgan fingerprint density at radius 1 is 0.957 bits per heavy atom. The number of nitrogens with one attached hydrogen (secondary N) is 2. The second-order valence-corrected chi connectivity index (χ2v) is 11.9. The number of H-pyrrole nitrogens is 1. The molecule has 0 spiro atoms. The second kappa shape index (κ2) is 14.3. The Kier molecular flexibility index (Phi) is 9.80. The quantitative estimate of drug-likeness (QED) is 0.165. The van der Waals surface area contributed by atoms with E-state index in [1.54, 1.807) is 12.1 Å². The minimum Gasteiger partial charge on any atom is -0.452 e. The van der Waals surface area contributed by atoms with Crippen molar-refractivity contribution >= 4 is 40.2 Å². The van der Waals surface area contributed by atoms with E-state index < -0.39 is 24.0 Å². The summed E-state index contributed by atoms with van der Waals surface area (Å²) in [6.07, 6.45) is 0.429. The summed E-state index contributed by atoms with van der Waals surface area (Å²) >= 11 is 6.16. The number of morpholine rings is 1. The number of benzene rings is 4. The van der Waals surface area contributed by atoms with Crippen molar-refractivity contribution in [2.24, 2.45) is 5.73 Å². The number of amides is 2. The lowest BCUT2D eigenvalue weighted by atomic mass is 9.84. The van der Waals surface area contributed by atoms with Crippen LogP contribution >= 0.6 is 11.6 Å². The molecule has 0 aliphatic carbocycles. The number of methoxy groups -OCH3 is 1. The molecule has 4 aromatic carbocycles. The van der Waals surface area contributed by atoms with Crippen LogP contribution in [0.25, 0.3) is 10.9 Å². The highest BCUT2D eigenvalue weighted by molar-refractivity contribution is 6.31. The number of aryl methyl sites for hydroxylation is 1. The number of imide groups is 1. The summed E-state index contributed by atoms with van der Waals surface area (Å²) in [6.45, 7) is 1.16. The largest absolute Gasteiger partial charge is 0.452 e. The van der Waals surface area contributed by atoms with Crippen molar-refractivity contribution in [2.45, 2.75) is 36.9 Å². The number of rotatable bonds is 9. The predicted octanol–water partition coefficient (Wildman–Crippen LogP) is 6.74. The summed E-state index contributed by atoms with van der Waals surface area (Å²) in [7, 11) is 1.27. The van der Waals surface area contributed by atoms with Gasteiger partial charge in [-0.15, -0.1) is 0 Å². The zero-order valence-corrected chi connectivity index (χ0v) is 26.3. The van der Waals surface area contributed by atoms with Gasteiger partial charge in [0.2, 0.25) is 0 Å². The average Bonchev–Trinajstić information content (AvgIpc) is 3.52. The van der Waals surface area contributed by atoms with Crippen LogP contribution in [-0.4, -0.2) is 49.4 Å². The van der Waals surface area contributed by atoms with E-state index in [1.165, 1.54) is 7.11 Å². The molecule has 9 heteroatoms. The van der Waals surface area contributed by atoms with E-state index in [0.717, 1.165) is 38.2 Å². The van der Waals surface area contributed by atoms with Gasteiger partial charge in [-0.2, -0.15) is 0 Å². The summed E-state index contributed by atoms with van der Waals surface area (Å²) in [5.74, 6) is -1.02. The molecule has 5 aromatic rings. The monoisotopic (exact) mass is 636 g/mol. The van der Waals surface area contributed by atoms with Gasteiger partial charge in [-0.05, 0) is 59.9 Å². The number of nitrogens with two attached hydrogens (primary N) is 1. The highest BCUT2D eigenvalue weighted by atomic mass is 35.5. The number of hydrogen-bond donors (Lipinski definition) is 3. The van der Waals surface area contributed by atoms with Crippen molar-refractivity contribution in [1.29, 1.82) is 0 Å². The molecule has 3 atom stereocenters. The third-order valence-electron chi connectivity index (χ3n) is 8.58. The van der Waals surface area contributed by atoms with E-state index in [0.29, 0.717) is 36.7 Å². The topological polar surface area (TPSA) is 110 Å². The smallest absolute Gasteiger partial charge is 0.420 e. The van der Waals surface area contributed by atoms with Crippen molar-refractivity contribution in [3.8, 4) is 0 Å². The lowest BCUT2D eigenvalue weighted by Gasteiger charge is -2.31. The van der Waals surface area contributed by atoms with Gasteiger partial charge in [-0.25, -0.2) is 9.69 Å². The van der Waals surface area contributed by atoms with E-state index in [1.807, 2.05) is 91.0 Å². The number of carbonyl (C=O) groups is 2. The number of ether oxygens (including phenoxy) is 2. The van der Waals surface area contributed by atoms with E-state index >= 15 is 0 Å². The van der Waals surface area contributed by atoms with Crippen LogP contribution in [0.2, 0.25) is 5.02 Å². The Balaban J connectivity index is 1.18. The number of carbonyl (C=O) groups excluding carboxylic acids is 2. The number of nitrogens with zero attached hydrogens (tertiary/aromatic N) is 1. The van der Waals surface area contributed by atoms with E-state index in [4.69, 9.17) is 26.8 Å². The van der Waals surface area contributed by atoms with E-state index in [-0.39, 0.29) is 12.1 Å². The Morgan fingerprint density at radius 2 is 1.63 bits per heavy atom. The molecule has 1 saturated heterocycles. The van der Waals surface area contributed by atoms with Crippen LogP contribution in [0.5, 0.6) is 0 Å². The Hall–Kier alpha value is -4.47. The fraction of sp³-hybridized carbons (Fsp3) is 0.243. The maximum Gasteiger partial charge on any atom is 0.420 e. The first kappa shape index (κ1) is 31.5. The molecule has 0 radical (unpaired) electrons. The molecule has 8 nitrogen and oxygen atoms in total. The number of anilines is 1. The summed E-state index contributed by atoms with van der Waals surface area (Å²) in [5.41, 5.74) is 11.9. The summed E-state index contributed by atoms with van der Waals surface area (Å²) < 4.78 is 11.4. The minimum atomic E-state index is -1.06. The number of aromatic amines is 1. The van der Waals surface area contributed by atoms with Gasteiger partial charge in [0.15, 0.2) is 0 Å². The third-order valence-corrected chi connectivity index (χ3v) is 8.81. The van der Waals surface area contributed by atoms with Crippen LogP contribution in [0.3, 0.4) is 0 Å². The van der Waals surface area contributed by atoms with E-state index in [9.17, 15) is 9.59 Å². The van der Waals surface area contributed by atoms with Crippen LogP contribution < -0.4 is 16.0 Å². The Labute approximate surface area is 273 Å². The first-order chi connectivity index (χ1) is 22.4. The minimum absolute atomic E-state index is 0.0332. The van der Waals surface area contributed by atoms with Gasteiger partial charge in [0.25, 0.3) is 5.91 Å². The molecule has 0 bridgehead atoms. The fourth-order valence-corrected chi connectivity index (χ4v) is 6.38. The molecular formula is C37H37ClN4O4. The lowest BCUT2D eigenvalue weighted by Crippen LogP contribution is -2.50. The number of fused-ring (bicyclic) bond motifs is 1. The first-order valence-corrected chi connectivity index (χ1v) is 15.8. The summed E-state index contributed by atoms with van der Waals surface area (Å²) in [4.78, 5) is 32.0. The second-order valence-electron chi connectivity index (χ2n) is 11.5. The number of hydrogen-bond acceptors (Lipinski definition) is 6. The van der Waals surface area contributed by atoms with Crippen LogP contribution in [-0.2, 0) is 20.7 Å². The molecule has 2 amide bonds. The van der Waals surface area contributed by atoms with Gasteiger partial charge in [-0.3, -0.25) is 4.79 Å². The number of halogens is 1. The standard InChI is InChI=1S/C37H37ClN4O4/c1-45-37(44)42(36(43)35(39)34(25-11-4-2-5-12-25)26-13-6-3-7-14-26)33-15-9-8-10-24(33)16-18-29-22-40-32(23-46-29)31-21-27-20-28(38)17-19-30(27)41-31/h2-15,17,19-21,29,32,34-35,40-41H,16,18,22-23,39H2,1H3/t29-,32+,35+/m1/s1. The number of aromatic nitrogens is 1. The SMILES string of the molecule is COC(=O)N(C(=O)[C@@H](N)C(c1ccccc1)c1ccccc1)c1ccccc1CC[C@@H]1CN[C@H](c2cc3cc(Cl)ccc3[nH]2)CO1. The molecule has 1 fully saturated rings. The van der Waals surface area contributed by atoms with Crippen LogP contribution in [0, 0.1) is 0 Å². The maximum atomic E-state index is 14.2. The molecule has 6 rings (SSSR count). The van der Waals surface area contributed by atoms with E-state index in [2.05, 4.69) is 16.4 Å².